The van der Waals surface area contributed by atoms with Crippen LogP contribution in [0.25, 0.3) is 16.9 Å². The van der Waals surface area contributed by atoms with Gasteiger partial charge in [0.05, 0.1) is 11.3 Å². The lowest BCUT2D eigenvalue weighted by Crippen LogP contribution is -2.23. The van der Waals surface area contributed by atoms with Crippen molar-refractivity contribution in [1.82, 2.24) is 24.6 Å². The number of aromatic nitrogens is 5. The second kappa shape index (κ2) is 6.16. The molecule has 0 amide bonds. The Hall–Kier alpha value is -3.69. The average Bonchev–Trinajstić information content (AvgIpc) is 3.31. The van der Waals surface area contributed by atoms with E-state index in [4.69, 9.17) is 0 Å². The van der Waals surface area contributed by atoms with E-state index in [0.717, 1.165) is 6.07 Å². The second-order valence-corrected chi connectivity index (χ2v) is 6.90. The SMILES string of the molecule is O=c1[nH]cc(-c2cc([C@@H]3C[C@H]3c3cc(F)c(F)cc3F)c3nccn3n2)c(=O)[nH]1. The van der Waals surface area contributed by atoms with Crippen molar-refractivity contribution in [1.29, 1.82) is 0 Å². The Kier molecular flexibility index (Phi) is 3.70. The van der Waals surface area contributed by atoms with E-state index in [0.29, 0.717) is 29.4 Å². The molecule has 1 aliphatic carbocycles. The van der Waals surface area contributed by atoms with Crippen LogP contribution >= 0.6 is 0 Å². The van der Waals surface area contributed by atoms with Gasteiger partial charge in [-0.1, -0.05) is 0 Å². The highest BCUT2D eigenvalue weighted by atomic mass is 19.2. The van der Waals surface area contributed by atoms with Crippen molar-refractivity contribution in [3.8, 4) is 11.3 Å². The van der Waals surface area contributed by atoms with Crippen molar-refractivity contribution in [3.63, 3.8) is 0 Å². The minimum absolute atomic E-state index is 0.0962. The number of nitrogens with one attached hydrogen (secondary N) is 2. The van der Waals surface area contributed by atoms with Gasteiger partial charge in [0.25, 0.3) is 5.56 Å². The summed E-state index contributed by atoms with van der Waals surface area (Å²) in [6, 6.07) is 3.07. The van der Waals surface area contributed by atoms with Crippen LogP contribution in [0.15, 0.2) is 46.4 Å². The van der Waals surface area contributed by atoms with Gasteiger partial charge >= 0.3 is 5.69 Å². The van der Waals surface area contributed by atoms with Crippen LogP contribution in [0.1, 0.15) is 29.4 Å². The maximum absolute atomic E-state index is 14.2. The van der Waals surface area contributed by atoms with E-state index >= 15 is 0 Å². The van der Waals surface area contributed by atoms with Crippen LogP contribution in [0, 0.1) is 17.5 Å². The first kappa shape index (κ1) is 17.4. The topological polar surface area (TPSA) is 95.9 Å². The summed E-state index contributed by atoms with van der Waals surface area (Å²) in [5, 5.41) is 4.34. The molecular weight excluding hydrogens is 387 g/mol. The Morgan fingerprint density at radius 2 is 1.76 bits per heavy atom. The van der Waals surface area contributed by atoms with E-state index in [1.165, 1.54) is 16.9 Å². The minimum Gasteiger partial charge on any atom is -0.313 e. The Balaban J connectivity index is 1.61. The maximum Gasteiger partial charge on any atom is 0.325 e. The molecule has 2 atom stereocenters. The lowest BCUT2D eigenvalue weighted by Gasteiger charge is -2.08. The van der Waals surface area contributed by atoms with Crippen LogP contribution in [0.2, 0.25) is 0 Å². The van der Waals surface area contributed by atoms with Crippen LogP contribution in [0.5, 0.6) is 0 Å². The molecule has 29 heavy (non-hydrogen) atoms. The van der Waals surface area contributed by atoms with Crippen molar-refractivity contribution in [2.75, 3.05) is 0 Å². The van der Waals surface area contributed by atoms with Gasteiger partial charge in [0.2, 0.25) is 0 Å². The van der Waals surface area contributed by atoms with Crippen LogP contribution in [0.3, 0.4) is 0 Å². The fourth-order valence-electron chi connectivity index (χ4n) is 3.65. The lowest BCUT2D eigenvalue weighted by atomic mass is 10.0. The normalized spacial score (nSPS) is 18.3. The molecule has 0 unspecified atom stereocenters. The summed E-state index contributed by atoms with van der Waals surface area (Å²) in [5.41, 5.74) is 0.505. The van der Waals surface area contributed by atoms with E-state index in [-0.39, 0.29) is 23.0 Å². The molecule has 4 aromatic rings. The number of hydrogen-bond donors (Lipinski definition) is 2. The van der Waals surface area contributed by atoms with Crippen molar-refractivity contribution in [2.45, 2.75) is 18.3 Å². The molecule has 1 saturated carbocycles. The van der Waals surface area contributed by atoms with E-state index in [9.17, 15) is 22.8 Å². The van der Waals surface area contributed by atoms with Crippen molar-refractivity contribution in [3.05, 3.63) is 86.2 Å². The molecule has 146 valence electrons. The number of imidazole rings is 1. The maximum atomic E-state index is 14.2. The summed E-state index contributed by atoms with van der Waals surface area (Å²) in [5.74, 6) is -3.70. The number of benzene rings is 1. The van der Waals surface area contributed by atoms with Crippen LogP contribution in [0.4, 0.5) is 13.2 Å². The first-order valence-corrected chi connectivity index (χ1v) is 8.73. The zero-order valence-electron chi connectivity index (χ0n) is 14.6. The number of aromatic amines is 2. The summed E-state index contributed by atoms with van der Waals surface area (Å²) in [6.07, 6.45) is 4.89. The van der Waals surface area contributed by atoms with Crippen molar-refractivity contribution >= 4 is 5.65 Å². The number of halogens is 3. The summed E-state index contributed by atoms with van der Waals surface area (Å²) in [6.45, 7) is 0. The Labute approximate surface area is 159 Å². The highest BCUT2D eigenvalue weighted by Crippen LogP contribution is 2.56. The summed E-state index contributed by atoms with van der Waals surface area (Å²) in [4.78, 5) is 32.2. The number of nitrogens with zero attached hydrogens (tertiary/aromatic N) is 3. The molecule has 0 aliphatic heterocycles. The van der Waals surface area contributed by atoms with Crippen LogP contribution < -0.4 is 11.2 Å². The predicted molar refractivity (Wildman–Crippen MR) is 96.1 cm³/mol. The monoisotopic (exact) mass is 399 g/mol. The quantitative estimate of drug-likeness (QED) is 0.518. The number of hydrogen-bond acceptors (Lipinski definition) is 4. The van der Waals surface area contributed by atoms with E-state index in [1.54, 1.807) is 12.3 Å². The molecule has 0 radical (unpaired) electrons. The molecule has 0 saturated heterocycles. The average molecular weight is 399 g/mol. The second-order valence-electron chi connectivity index (χ2n) is 6.90. The van der Waals surface area contributed by atoms with Crippen molar-refractivity contribution < 1.29 is 13.2 Å². The van der Waals surface area contributed by atoms with Gasteiger partial charge in [0.15, 0.2) is 17.3 Å². The largest absolute Gasteiger partial charge is 0.325 e. The van der Waals surface area contributed by atoms with E-state index in [1.807, 2.05) is 0 Å². The molecule has 1 aromatic carbocycles. The zero-order chi connectivity index (χ0) is 20.3. The van der Waals surface area contributed by atoms with Gasteiger partial charge in [-0.15, -0.1) is 0 Å². The van der Waals surface area contributed by atoms with Gasteiger partial charge in [-0.25, -0.2) is 27.5 Å². The fraction of sp³-hybridized carbons (Fsp3) is 0.158. The first-order valence-electron chi connectivity index (χ1n) is 8.73. The Morgan fingerprint density at radius 1 is 1.00 bits per heavy atom. The molecule has 1 aliphatic rings. The lowest BCUT2D eigenvalue weighted by molar-refractivity contribution is 0.490. The smallest absolute Gasteiger partial charge is 0.313 e. The number of rotatable bonds is 3. The third-order valence-corrected chi connectivity index (χ3v) is 5.11. The third-order valence-electron chi connectivity index (χ3n) is 5.11. The Bertz CT molecular complexity index is 1390. The molecule has 0 spiro atoms. The van der Waals surface area contributed by atoms with E-state index in [2.05, 4.69) is 20.1 Å². The van der Waals surface area contributed by atoms with Gasteiger partial charge in [-0.05, 0) is 36.0 Å². The van der Waals surface area contributed by atoms with Crippen molar-refractivity contribution in [2.24, 2.45) is 0 Å². The summed E-state index contributed by atoms with van der Waals surface area (Å²) < 4.78 is 42.5. The molecule has 2 N–H and O–H groups in total. The minimum atomic E-state index is -1.23. The molecule has 1 fully saturated rings. The van der Waals surface area contributed by atoms with Gasteiger partial charge in [-0.3, -0.25) is 9.78 Å². The highest BCUT2D eigenvalue weighted by Gasteiger charge is 2.43. The molecule has 7 nitrogen and oxygen atoms in total. The van der Waals surface area contributed by atoms with Gasteiger partial charge in [0.1, 0.15) is 5.82 Å². The Morgan fingerprint density at radius 3 is 2.55 bits per heavy atom. The predicted octanol–water partition coefficient (Wildman–Crippen LogP) is 2.46. The van der Waals surface area contributed by atoms with Crippen LogP contribution in [-0.2, 0) is 0 Å². The summed E-state index contributed by atoms with van der Waals surface area (Å²) >= 11 is 0. The first-order chi connectivity index (χ1) is 13.9. The highest BCUT2D eigenvalue weighted by molar-refractivity contribution is 5.63. The van der Waals surface area contributed by atoms with Gasteiger partial charge in [0, 0.05) is 30.2 Å². The molecule has 3 heterocycles. The standard InChI is InChI=1S/C19H12F3N5O2/c20-13-6-15(22)14(21)4-10(13)8-3-9(8)11-5-16(26-27-2-1-23-17(11)27)12-7-24-19(29)25-18(12)28/h1-2,4-9H,3H2,(H2,24,25,28,29)/t8-,9-/m1/s1. The summed E-state index contributed by atoms with van der Waals surface area (Å²) in [7, 11) is 0. The van der Waals surface area contributed by atoms with E-state index < -0.39 is 28.7 Å². The van der Waals surface area contributed by atoms with Gasteiger partial charge < -0.3 is 4.98 Å². The molecule has 5 rings (SSSR count). The van der Waals surface area contributed by atoms with Crippen LogP contribution in [-0.4, -0.2) is 24.6 Å². The number of H-pyrrole nitrogens is 2. The molecule has 0 bridgehead atoms. The van der Waals surface area contributed by atoms with Gasteiger partial charge in [-0.2, -0.15) is 5.10 Å². The number of fused-ring (bicyclic) bond motifs is 1. The zero-order valence-corrected chi connectivity index (χ0v) is 14.6. The fourth-order valence-corrected chi connectivity index (χ4v) is 3.65. The third kappa shape index (κ3) is 2.84. The molecular formula is C19H12F3N5O2. The molecule has 10 heteroatoms. The molecule has 3 aromatic heterocycles.